The molecular weight excluding hydrogens is 350 g/mol. The molecule has 1 aliphatic heterocycles. The Morgan fingerprint density at radius 3 is 2.76 bits per heavy atom. The summed E-state index contributed by atoms with van der Waals surface area (Å²) < 4.78 is 34.5. The van der Waals surface area contributed by atoms with Gasteiger partial charge in [0.1, 0.15) is 5.75 Å². The first kappa shape index (κ1) is 16.9. The molecule has 1 aromatic heterocycles. The number of H-pyrrole nitrogens is 1. The molecule has 0 radical (unpaired) electrons. The standard InChI is InChI=1S/C15H13N3O6S/c19-15(20)13-14(17-18-16-13)24-11-3-1-10(2-4-11)6-8-25(21,22)12-5-7-23-9-12/h1-4,12H,5,7,9H2,(H,19,20)(H,16,17,18). The molecule has 1 aliphatic rings. The Hall–Kier alpha value is -2.90. The smallest absolute Gasteiger partial charge is 0.362 e. The molecule has 2 heterocycles. The number of aromatic amines is 1. The van der Waals surface area contributed by atoms with Crippen LogP contribution >= 0.6 is 0 Å². The van der Waals surface area contributed by atoms with Gasteiger partial charge in [0.15, 0.2) is 0 Å². The number of benzene rings is 1. The highest BCUT2D eigenvalue weighted by atomic mass is 32.2. The summed E-state index contributed by atoms with van der Waals surface area (Å²) in [6.45, 7) is 0.603. The van der Waals surface area contributed by atoms with Gasteiger partial charge in [0.25, 0.3) is 5.88 Å². The van der Waals surface area contributed by atoms with E-state index in [1.165, 1.54) is 12.1 Å². The molecule has 0 aliphatic carbocycles. The number of nitrogens with zero attached hydrogens (tertiary/aromatic N) is 2. The monoisotopic (exact) mass is 363 g/mol. The summed E-state index contributed by atoms with van der Waals surface area (Å²) in [7, 11) is -3.53. The van der Waals surface area contributed by atoms with Gasteiger partial charge in [-0.15, -0.1) is 5.10 Å². The number of ether oxygens (including phenoxy) is 2. The summed E-state index contributed by atoms with van der Waals surface area (Å²) in [5, 5.41) is 19.8. The van der Waals surface area contributed by atoms with Gasteiger partial charge < -0.3 is 14.6 Å². The normalized spacial score (nSPS) is 16.9. The van der Waals surface area contributed by atoms with Gasteiger partial charge in [-0.2, -0.15) is 0 Å². The lowest BCUT2D eigenvalue weighted by Crippen LogP contribution is -2.19. The van der Waals surface area contributed by atoms with Crippen LogP contribution in [0.3, 0.4) is 0 Å². The molecule has 0 amide bonds. The van der Waals surface area contributed by atoms with Crippen molar-refractivity contribution in [1.82, 2.24) is 15.4 Å². The highest BCUT2D eigenvalue weighted by molar-refractivity contribution is 7.96. The Morgan fingerprint density at radius 2 is 2.12 bits per heavy atom. The molecule has 2 aromatic rings. The molecule has 10 heteroatoms. The van der Waals surface area contributed by atoms with E-state index in [0.29, 0.717) is 24.3 Å². The van der Waals surface area contributed by atoms with Crippen LogP contribution in [0.2, 0.25) is 0 Å². The maximum atomic E-state index is 12.0. The van der Waals surface area contributed by atoms with E-state index in [9.17, 15) is 13.2 Å². The fourth-order valence-corrected chi connectivity index (χ4v) is 3.23. The third-order valence-electron chi connectivity index (χ3n) is 3.46. The number of carbonyl (C=O) groups is 1. The molecule has 1 saturated heterocycles. The van der Waals surface area contributed by atoms with Crippen molar-refractivity contribution in [2.24, 2.45) is 0 Å². The molecule has 0 saturated carbocycles. The van der Waals surface area contributed by atoms with E-state index >= 15 is 0 Å². The molecule has 1 fully saturated rings. The zero-order chi connectivity index (χ0) is 17.9. The third-order valence-corrected chi connectivity index (χ3v) is 5.09. The van der Waals surface area contributed by atoms with Gasteiger partial charge in [0.05, 0.1) is 11.9 Å². The molecule has 130 valence electrons. The Kier molecular flexibility index (Phi) is 4.69. The average Bonchev–Trinajstić information content (AvgIpc) is 3.26. The molecule has 0 bridgehead atoms. The number of carboxylic acids is 1. The van der Waals surface area contributed by atoms with E-state index in [-0.39, 0.29) is 18.2 Å². The molecule has 1 unspecified atom stereocenters. The van der Waals surface area contributed by atoms with Crippen LogP contribution in [0.4, 0.5) is 0 Å². The maximum absolute atomic E-state index is 12.0. The van der Waals surface area contributed by atoms with Crippen LogP contribution in [0.5, 0.6) is 11.6 Å². The maximum Gasteiger partial charge on any atom is 0.362 e. The minimum absolute atomic E-state index is 0.102. The van der Waals surface area contributed by atoms with Crippen LogP contribution < -0.4 is 4.74 Å². The van der Waals surface area contributed by atoms with Crippen molar-refractivity contribution in [2.45, 2.75) is 11.7 Å². The number of sulfone groups is 1. The largest absolute Gasteiger partial charge is 0.476 e. The zero-order valence-electron chi connectivity index (χ0n) is 12.8. The van der Waals surface area contributed by atoms with Crippen molar-refractivity contribution in [3.05, 3.63) is 35.5 Å². The third kappa shape index (κ3) is 3.96. The minimum Gasteiger partial charge on any atom is -0.476 e. The van der Waals surface area contributed by atoms with Crippen LogP contribution in [0.1, 0.15) is 22.5 Å². The van der Waals surface area contributed by atoms with Crippen molar-refractivity contribution in [1.29, 1.82) is 0 Å². The van der Waals surface area contributed by atoms with Crippen molar-refractivity contribution < 1.29 is 27.8 Å². The number of rotatable bonds is 4. The minimum atomic E-state index is -3.53. The quantitative estimate of drug-likeness (QED) is 0.763. The number of nitrogens with one attached hydrogen (secondary N) is 1. The van der Waals surface area contributed by atoms with Gasteiger partial charge in [-0.3, -0.25) is 0 Å². The van der Waals surface area contributed by atoms with E-state index in [4.69, 9.17) is 14.6 Å². The highest BCUT2D eigenvalue weighted by Crippen LogP contribution is 2.22. The van der Waals surface area contributed by atoms with Crippen molar-refractivity contribution in [3.63, 3.8) is 0 Å². The average molecular weight is 363 g/mol. The van der Waals surface area contributed by atoms with Gasteiger partial charge in [-0.25, -0.2) is 18.3 Å². The Morgan fingerprint density at radius 1 is 1.36 bits per heavy atom. The summed E-state index contributed by atoms with van der Waals surface area (Å²) in [6, 6.07) is 6.18. The predicted molar refractivity (Wildman–Crippen MR) is 84.9 cm³/mol. The second kappa shape index (κ2) is 6.92. The SMILES string of the molecule is O=C(O)c1nn[nH]c1Oc1ccc(C#CS(=O)(=O)C2CCOC2)cc1. The fourth-order valence-electron chi connectivity index (χ4n) is 2.12. The van der Waals surface area contributed by atoms with Crippen LogP contribution in [-0.4, -0.2) is 53.4 Å². The first-order chi connectivity index (χ1) is 12.0. The van der Waals surface area contributed by atoms with Crippen LogP contribution in [0.15, 0.2) is 24.3 Å². The lowest BCUT2D eigenvalue weighted by atomic mass is 10.2. The Labute approximate surface area is 142 Å². The first-order valence-corrected chi connectivity index (χ1v) is 8.77. The molecule has 9 nitrogen and oxygen atoms in total. The Bertz CT molecular complexity index is 934. The second-order valence-corrected chi connectivity index (χ2v) is 7.14. The van der Waals surface area contributed by atoms with E-state index in [2.05, 4.69) is 26.6 Å². The molecule has 1 atom stereocenters. The van der Waals surface area contributed by atoms with Crippen LogP contribution in [-0.2, 0) is 14.6 Å². The number of hydrogen-bond acceptors (Lipinski definition) is 7. The van der Waals surface area contributed by atoms with Gasteiger partial charge in [-0.05, 0) is 30.7 Å². The molecule has 2 N–H and O–H groups in total. The summed E-state index contributed by atoms with van der Waals surface area (Å²) in [4.78, 5) is 10.9. The van der Waals surface area contributed by atoms with Gasteiger partial charge in [0, 0.05) is 17.4 Å². The fraction of sp³-hybridized carbons (Fsp3) is 0.267. The highest BCUT2D eigenvalue weighted by Gasteiger charge is 2.27. The molecule has 1 aromatic carbocycles. The predicted octanol–water partition coefficient (Wildman–Crippen LogP) is 0.808. The van der Waals surface area contributed by atoms with E-state index in [1.54, 1.807) is 12.1 Å². The number of hydrogen-bond donors (Lipinski definition) is 2. The van der Waals surface area contributed by atoms with E-state index < -0.39 is 21.1 Å². The lowest BCUT2D eigenvalue weighted by molar-refractivity contribution is 0.0687. The van der Waals surface area contributed by atoms with Gasteiger partial charge >= 0.3 is 5.97 Å². The topological polar surface area (TPSA) is 131 Å². The number of aromatic nitrogens is 3. The van der Waals surface area contributed by atoms with Crippen LogP contribution in [0, 0.1) is 11.2 Å². The van der Waals surface area contributed by atoms with Crippen LogP contribution in [0.25, 0.3) is 0 Å². The van der Waals surface area contributed by atoms with Crippen molar-refractivity contribution in [2.75, 3.05) is 13.2 Å². The summed E-state index contributed by atoms with van der Waals surface area (Å²) in [5.74, 6) is 1.55. The number of carboxylic acid groups (broad SMARTS) is 1. The van der Waals surface area contributed by atoms with Gasteiger partial charge in [-0.1, -0.05) is 11.1 Å². The number of aromatic carboxylic acids is 1. The van der Waals surface area contributed by atoms with Gasteiger partial charge in [0.2, 0.25) is 15.5 Å². The summed E-state index contributed by atoms with van der Waals surface area (Å²) in [5.41, 5.74) is 0.143. The Balaban J connectivity index is 1.72. The molecule has 25 heavy (non-hydrogen) atoms. The first-order valence-electron chi connectivity index (χ1n) is 7.22. The summed E-state index contributed by atoms with van der Waals surface area (Å²) >= 11 is 0. The van der Waals surface area contributed by atoms with E-state index in [1.807, 2.05) is 0 Å². The summed E-state index contributed by atoms with van der Waals surface area (Å²) in [6.07, 6.45) is 0.452. The second-order valence-electron chi connectivity index (χ2n) is 5.18. The lowest BCUT2D eigenvalue weighted by Gasteiger charge is -2.03. The molecular formula is C15H13N3O6S. The molecule has 0 spiro atoms. The van der Waals surface area contributed by atoms with E-state index in [0.717, 1.165) is 0 Å². The van der Waals surface area contributed by atoms with Crippen molar-refractivity contribution in [3.8, 4) is 22.8 Å². The zero-order valence-corrected chi connectivity index (χ0v) is 13.6. The van der Waals surface area contributed by atoms with Crippen molar-refractivity contribution >= 4 is 15.8 Å². The molecule has 3 rings (SSSR count).